The van der Waals surface area contributed by atoms with Crippen LogP contribution in [0.3, 0.4) is 0 Å². The third-order valence-corrected chi connectivity index (χ3v) is 4.94. The Balaban J connectivity index is 1.59. The number of hydrogen-bond donors (Lipinski definition) is 1. The summed E-state index contributed by atoms with van der Waals surface area (Å²) in [6, 6.07) is 8.95. The van der Waals surface area contributed by atoms with Gasteiger partial charge in [-0.25, -0.2) is 4.98 Å². The molecule has 0 radical (unpaired) electrons. The van der Waals surface area contributed by atoms with Gasteiger partial charge in [0.25, 0.3) is 5.56 Å². The quantitative estimate of drug-likeness (QED) is 0.858. The lowest BCUT2D eigenvalue weighted by Gasteiger charge is -2.35. The van der Waals surface area contributed by atoms with Crippen molar-refractivity contribution in [2.24, 2.45) is 7.05 Å². The number of nitrogens with zero attached hydrogens (tertiary/aromatic N) is 3. The largest absolute Gasteiger partial charge is 0.497 e. The van der Waals surface area contributed by atoms with Crippen molar-refractivity contribution in [3.8, 4) is 5.75 Å². The molecule has 6 nitrogen and oxygen atoms in total. The summed E-state index contributed by atoms with van der Waals surface area (Å²) in [5.74, 6) is 1.44. The molecule has 0 spiro atoms. The number of rotatable bonds is 6. The first kappa shape index (κ1) is 18.5. The molecule has 0 bridgehead atoms. The fourth-order valence-electron chi connectivity index (χ4n) is 3.58. The van der Waals surface area contributed by atoms with Crippen molar-refractivity contribution in [3.63, 3.8) is 0 Å². The summed E-state index contributed by atoms with van der Waals surface area (Å²) in [6.45, 7) is 3.92. The number of aromatic nitrogens is 2. The number of methoxy groups -OCH3 is 1. The van der Waals surface area contributed by atoms with Gasteiger partial charge < -0.3 is 19.5 Å². The van der Waals surface area contributed by atoms with Crippen LogP contribution in [0.4, 0.5) is 5.82 Å². The van der Waals surface area contributed by atoms with E-state index in [2.05, 4.69) is 34.3 Å². The molecule has 1 aliphatic rings. The highest BCUT2D eigenvalue weighted by Crippen LogP contribution is 2.16. The zero-order chi connectivity index (χ0) is 18.5. The summed E-state index contributed by atoms with van der Waals surface area (Å²) in [6.07, 6.45) is 6.54. The minimum absolute atomic E-state index is 0.0283. The van der Waals surface area contributed by atoms with Crippen LogP contribution in [0, 0.1) is 0 Å². The van der Waals surface area contributed by atoms with Crippen LogP contribution < -0.4 is 20.5 Å². The zero-order valence-electron chi connectivity index (χ0n) is 15.8. The maximum atomic E-state index is 12.3. The fourth-order valence-corrected chi connectivity index (χ4v) is 3.58. The van der Waals surface area contributed by atoms with Crippen molar-refractivity contribution >= 4 is 5.82 Å². The van der Waals surface area contributed by atoms with Gasteiger partial charge in [0.15, 0.2) is 5.82 Å². The molecule has 2 heterocycles. The van der Waals surface area contributed by atoms with Gasteiger partial charge >= 0.3 is 0 Å². The molecule has 1 aliphatic heterocycles. The molecule has 0 aliphatic carbocycles. The lowest BCUT2D eigenvalue weighted by atomic mass is 10.0. The second kappa shape index (κ2) is 8.36. The molecule has 2 atom stereocenters. The molecule has 1 aromatic carbocycles. The van der Waals surface area contributed by atoms with E-state index in [0.717, 1.165) is 38.1 Å². The third-order valence-electron chi connectivity index (χ3n) is 4.94. The number of ether oxygens (including phenoxy) is 1. The lowest BCUT2D eigenvalue weighted by molar-refractivity contribution is 0.380. The van der Waals surface area contributed by atoms with Crippen LogP contribution in [-0.4, -0.2) is 41.8 Å². The number of benzene rings is 1. The maximum absolute atomic E-state index is 12.3. The number of piperidine rings is 1. The Morgan fingerprint density at radius 1 is 1.35 bits per heavy atom. The molecule has 26 heavy (non-hydrogen) atoms. The van der Waals surface area contributed by atoms with E-state index >= 15 is 0 Å². The molecule has 0 saturated carbocycles. The molecule has 1 saturated heterocycles. The highest BCUT2D eigenvalue weighted by molar-refractivity contribution is 5.36. The number of aryl methyl sites for hydroxylation is 1. The van der Waals surface area contributed by atoms with Crippen LogP contribution in [0.15, 0.2) is 41.5 Å². The van der Waals surface area contributed by atoms with Crippen molar-refractivity contribution in [1.29, 1.82) is 0 Å². The smallest absolute Gasteiger partial charge is 0.293 e. The lowest BCUT2D eigenvalue weighted by Crippen LogP contribution is -2.50. The molecule has 3 rings (SSSR count). The molecule has 1 fully saturated rings. The van der Waals surface area contributed by atoms with Crippen molar-refractivity contribution < 1.29 is 4.74 Å². The molecule has 6 heteroatoms. The average molecular weight is 356 g/mol. The van der Waals surface area contributed by atoms with Crippen molar-refractivity contribution in [2.75, 3.05) is 25.1 Å². The van der Waals surface area contributed by atoms with Crippen molar-refractivity contribution in [2.45, 2.75) is 38.3 Å². The molecule has 1 aromatic heterocycles. The SMILES string of the molecule is COc1ccc(C[C@@H](C)N[C@@H]2CCCN(c3nccn(C)c3=O)C2)cc1. The predicted octanol–water partition coefficient (Wildman–Crippen LogP) is 1.98. The van der Waals surface area contributed by atoms with Gasteiger partial charge in [0, 0.05) is 44.6 Å². The van der Waals surface area contributed by atoms with Crippen molar-refractivity contribution in [1.82, 2.24) is 14.9 Å². The first-order chi connectivity index (χ1) is 12.6. The van der Waals surface area contributed by atoms with Gasteiger partial charge in [0.2, 0.25) is 0 Å². The van der Waals surface area contributed by atoms with Crippen LogP contribution >= 0.6 is 0 Å². The Kier molecular flexibility index (Phi) is 5.93. The topological polar surface area (TPSA) is 59.4 Å². The third kappa shape index (κ3) is 4.43. The molecule has 2 aromatic rings. The summed E-state index contributed by atoms with van der Waals surface area (Å²) < 4.78 is 6.80. The standard InChI is InChI=1S/C20H28N4O2/c1-15(13-16-6-8-18(26-3)9-7-16)22-17-5-4-11-24(14-17)19-20(25)23(2)12-10-21-19/h6-10,12,15,17,22H,4-5,11,13-14H2,1-3H3/t15-,17-/m1/s1. The summed E-state index contributed by atoms with van der Waals surface area (Å²) in [7, 11) is 3.45. The number of anilines is 1. The molecule has 1 N–H and O–H groups in total. The van der Waals surface area contributed by atoms with Gasteiger partial charge in [-0.3, -0.25) is 4.79 Å². The summed E-state index contributed by atoms with van der Waals surface area (Å²) >= 11 is 0. The van der Waals surface area contributed by atoms with E-state index < -0.39 is 0 Å². The van der Waals surface area contributed by atoms with E-state index in [1.54, 1.807) is 31.1 Å². The minimum Gasteiger partial charge on any atom is -0.497 e. The van der Waals surface area contributed by atoms with E-state index in [0.29, 0.717) is 17.9 Å². The van der Waals surface area contributed by atoms with Crippen LogP contribution in [0.1, 0.15) is 25.3 Å². The fraction of sp³-hybridized carbons (Fsp3) is 0.500. The van der Waals surface area contributed by atoms with Crippen LogP contribution in [0.25, 0.3) is 0 Å². The highest BCUT2D eigenvalue weighted by Gasteiger charge is 2.24. The number of nitrogens with one attached hydrogen (secondary N) is 1. The second-order valence-electron chi connectivity index (χ2n) is 7.07. The Morgan fingerprint density at radius 2 is 2.12 bits per heavy atom. The Morgan fingerprint density at radius 3 is 2.85 bits per heavy atom. The normalized spacial score (nSPS) is 18.6. The summed E-state index contributed by atoms with van der Waals surface area (Å²) in [5.41, 5.74) is 1.26. The molecular weight excluding hydrogens is 328 g/mol. The van der Waals surface area contributed by atoms with Crippen LogP contribution in [-0.2, 0) is 13.5 Å². The van der Waals surface area contributed by atoms with E-state index in [4.69, 9.17) is 4.74 Å². The van der Waals surface area contributed by atoms with Gasteiger partial charge in [-0.15, -0.1) is 0 Å². The first-order valence-corrected chi connectivity index (χ1v) is 9.22. The van der Waals surface area contributed by atoms with Gasteiger partial charge in [-0.2, -0.15) is 0 Å². The Labute approximate surface area is 154 Å². The van der Waals surface area contributed by atoms with Gasteiger partial charge in [0.1, 0.15) is 5.75 Å². The van der Waals surface area contributed by atoms with E-state index in [1.807, 2.05) is 12.1 Å². The van der Waals surface area contributed by atoms with Crippen LogP contribution in [0.2, 0.25) is 0 Å². The van der Waals surface area contributed by atoms with Crippen molar-refractivity contribution in [3.05, 3.63) is 52.6 Å². The zero-order valence-corrected chi connectivity index (χ0v) is 15.8. The molecule has 0 amide bonds. The Hall–Kier alpha value is -2.34. The molecule has 0 unspecified atom stereocenters. The summed E-state index contributed by atoms with van der Waals surface area (Å²) in [4.78, 5) is 18.7. The highest BCUT2D eigenvalue weighted by atomic mass is 16.5. The van der Waals surface area contributed by atoms with Gasteiger partial charge in [-0.1, -0.05) is 12.1 Å². The minimum atomic E-state index is -0.0283. The first-order valence-electron chi connectivity index (χ1n) is 9.22. The Bertz CT molecular complexity index is 772. The number of hydrogen-bond acceptors (Lipinski definition) is 5. The predicted molar refractivity (Wildman–Crippen MR) is 104 cm³/mol. The van der Waals surface area contributed by atoms with Gasteiger partial charge in [-0.05, 0) is 43.9 Å². The van der Waals surface area contributed by atoms with E-state index in [-0.39, 0.29) is 5.56 Å². The average Bonchev–Trinajstić information content (AvgIpc) is 2.65. The molecule has 140 valence electrons. The van der Waals surface area contributed by atoms with E-state index in [9.17, 15) is 4.79 Å². The summed E-state index contributed by atoms with van der Waals surface area (Å²) in [5, 5.41) is 3.72. The maximum Gasteiger partial charge on any atom is 0.293 e. The van der Waals surface area contributed by atoms with Gasteiger partial charge in [0.05, 0.1) is 7.11 Å². The van der Waals surface area contributed by atoms with E-state index in [1.165, 1.54) is 5.56 Å². The monoisotopic (exact) mass is 356 g/mol. The van der Waals surface area contributed by atoms with Crippen LogP contribution in [0.5, 0.6) is 5.75 Å². The second-order valence-corrected chi connectivity index (χ2v) is 7.07. The molecular formula is C20H28N4O2.